The van der Waals surface area contributed by atoms with Crippen molar-refractivity contribution in [1.82, 2.24) is 0 Å². The second-order valence-corrected chi connectivity index (χ2v) is 8.17. The van der Waals surface area contributed by atoms with Gasteiger partial charge < -0.3 is 18.9 Å². The molecule has 1 aliphatic carbocycles. The Labute approximate surface area is 257 Å². The van der Waals surface area contributed by atoms with Crippen LogP contribution < -0.4 is 9.47 Å². The van der Waals surface area contributed by atoms with Crippen molar-refractivity contribution in [3.8, 4) is 22.6 Å². The van der Waals surface area contributed by atoms with Crippen LogP contribution in [0.3, 0.4) is 0 Å². The summed E-state index contributed by atoms with van der Waals surface area (Å²) >= 11 is 0. The Hall–Kier alpha value is -3.60. The summed E-state index contributed by atoms with van der Waals surface area (Å²) in [6.45, 7) is 10.9. The molecule has 0 amide bonds. The van der Waals surface area contributed by atoms with Crippen LogP contribution in [0, 0.1) is 0 Å². The predicted octanol–water partition coefficient (Wildman–Crippen LogP) is 11.0. The molecule has 5 rings (SSSR count). The first-order valence-electron chi connectivity index (χ1n) is 13.5. The molecule has 0 bridgehead atoms. The van der Waals surface area contributed by atoms with E-state index in [1.54, 1.807) is 7.11 Å². The summed E-state index contributed by atoms with van der Waals surface area (Å²) in [4.78, 5) is 0. The highest BCUT2D eigenvalue weighted by molar-refractivity contribution is 5.86. The third-order valence-corrected chi connectivity index (χ3v) is 6.44. The Morgan fingerprint density at radius 1 is 0.524 bits per heavy atom. The van der Waals surface area contributed by atoms with Gasteiger partial charge in [0.2, 0.25) is 0 Å². The molecule has 4 nitrogen and oxygen atoms in total. The summed E-state index contributed by atoms with van der Waals surface area (Å²) in [6, 6.07) is 34.1. The minimum atomic E-state index is -0.441. The fourth-order valence-corrected chi connectivity index (χ4v) is 4.95. The molecule has 0 atom stereocenters. The SMILES string of the molecule is C.C.C.C.CC.CC.CCOCOCOc1ccc(C2(c3ccc(OC)cc3)c3ccccc3-c3ccccc32)cc1. The van der Waals surface area contributed by atoms with E-state index in [-0.39, 0.29) is 43.3 Å². The first-order valence-corrected chi connectivity index (χ1v) is 13.5. The van der Waals surface area contributed by atoms with E-state index in [2.05, 4.69) is 72.8 Å². The molecule has 0 spiro atoms. The van der Waals surface area contributed by atoms with Gasteiger partial charge in [0.1, 0.15) is 11.5 Å². The van der Waals surface area contributed by atoms with E-state index in [0.717, 1.165) is 11.5 Å². The zero-order chi connectivity index (χ0) is 27.4. The van der Waals surface area contributed by atoms with Crippen molar-refractivity contribution in [2.24, 2.45) is 0 Å². The van der Waals surface area contributed by atoms with Crippen LogP contribution in [-0.4, -0.2) is 27.3 Å². The van der Waals surface area contributed by atoms with Crippen LogP contribution in [0.25, 0.3) is 11.1 Å². The molecule has 0 N–H and O–H groups in total. The summed E-state index contributed by atoms with van der Waals surface area (Å²) in [5.74, 6) is 1.60. The number of ether oxygens (including phenoxy) is 4. The van der Waals surface area contributed by atoms with E-state index in [0.29, 0.717) is 6.61 Å². The number of fused-ring (bicyclic) bond motifs is 3. The third-order valence-electron chi connectivity index (χ3n) is 6.44. The predicted molar refractivity (Wildman–Crippen MR) is 183 cm³/mol. The fourth-order valence-electron chi connectivity index (χ4n) is 4.95. The molecular formula is C38H56O4. The number of rotatable bonds is 9. The van der Waals surface area contributed by atoms with Gasteiger partial charge in [-0.15, -0.1) is 0 Å². The lowest BCUT2D eigenvalue weighted by Gasteiger charge is -2.34. The Morgan fingerprint density at radius 2 is 0.952 bits per heavy atom. The zero-order valence-electron chi connectivity index (χ0n) is 23.5. The maximum atomic E-state index is 5.76. The highest BCUT2D eigenvalue weighted by Gasteiger charge is 2.45. The van der Waals surface area contributed by atoms with E-state index < -0.39 is 5.41 Å². The van der Waals surface area contributed by atoms with Crippen molar-refractivity contribution >= 4 is 0 Å². The Bertz CT molecular complexity index is 1200. The van der Waals surface area contributed by atoms with E-state index in [9.17, 15) is 0 Å². The molecule has 0 saturated carbocycles. The molecular weight excluding hydrogens is 520 g/mol. The number of methoxy groups -OCH3 is 1. The van der Waals surface area contributed by atoms with Crippen LogP contribution in [0.4, 0.5) is 0 Å². The largest absolute Gasteiger partial charge is 0.497 e. The molecule has 0 radical (unpaired) electrons. The summed E-state index contributed by atoms with van der Waals surface area (Å²) in [5.41, 5.74) is 7.00. The zero-order valence-corrected chi connectivity index (χ0v) is 23.5. The van der Waals surface area contributed by atoms with Gasteiger partial charge >= 0.3 is 0 Å². The van der Waals surface area contributed by atoms with Crippen LogP contribution >= 0.6 is 0 Å². The number of hydrogen-bond acceptors (Lipinski definition) is 4. The molecule has 0 heterocycles. The van der Waals surface area contributed by atoms with E-state index >= 15 is 0 Å². The lowest BCUT2D eigenvalue weighted by Crippen LogP contribution is -2.28. The second kappa shape index (κ2) is 20.3. The van der Waals surface area contributed by atoms with Crippen LogP contribution in [0.1, 0.15) is 86.6 Å². The van der Waals surface area contributed by atoms with Gasteiger partial charge in [-0.3, -0.25) is 0 Å². The molecule has 0 aliphatic heterocycles. The molecule has 4 aromatic carbocycles. The third kappa shape index (κ3) is 8.02. The average Bonchev–Trinajstić information content (AvgIpc) is 3.31. The van der Waals surface area contributed by atoms with Crippen molar-refractivity contribution in [3.63, 3.8) is 0 Å². The summed E-state index contributed by atoms with van der Waals surface area (Å²) in [7, 11) is 1.70. The van der Waals surface area contributed by atoms with Gasteiger partial charge in [0.15, 0.2) is 13.6 Å². The van der Waals surface area contributed by atoms with Gasteiger partial charge in [0.05, 0.1) is 12.5 Å². The number of benzene rings is 4. The fraction of sp³-hybridized carbons (Fsp3) is 0.368. The Kier molecular flexibility index (Phi) is 19.6. The van der Waals surface area contributed by atoms with Gasteiger partial charge in [0, 0.05) is 6.61 Å². The molecule has 4 heteroatoms. The first kappa shape index (κ1) is 40.5. The van der Waals surface area contributed by atoms with Crippen LogP contribution in [0.15, 0.2) is 97.1 Å². The van der Waals surface area contributed by atoms with Gasteiger partial charge in [-0.1, -0.05) is 130 Å². The van der Waals surface area contributed by atoms with Gasteiger partial charge in [-0.05, 0) is 64.6 Å². The molecule has 0 fully saturated rings. The minimum Gasteiger partial charge on any atom is -0.497 e. The van der Waals surface area contributed by atoms with Gasteiger partial charge in [-0.2, -0.15) is 0 Å². The molecule has 232 valence electrons. The van der Waals surface area contributed by atoms with Crippen molar-refractivity contribution < 1.29 is 18.9 Å². The van der Waals surface area contributed by atoms with Crippen LogP contribution in [0.5, 0.6) is 11.5 Å². The normalized spacial score (nSPS) is 11.0. The Morgan fingerprint density at radius 3 is 1.38 bits per heavy atom. The molecule has 4 aromatic rings. The minimum absolute atomic E-state index is 0. The summed E-state index contributed by atoms with van der Waals surface area (Å²) in [5, 5.41) is 0. The van der Waals surface area contributed by atoms with Crippen molar-refractivity contribution in [3.05, 3.63) is 119 Å². The second-order valence-electron chi connectivity index (χ2n) is 8.17. The smallest absolute Gasteiger partial charge is 0.191 e. The lowest BCUT2D eigenvalue weighted by molar-refractivity contribution is -0.0960. The number of hydrogen-bond donors (Lipinski definition) is 0. The topological polar surface area (TPSA) is 36.9 Å². The van der Waals surface area contributed by atoms with E-state index in [1.807, 2.05) is 58.9 Å². The average molecular weight is 577 g/mol. The monoisotopic (exact) mass is 576 g/mol. The maximum Gasteiger partial charge on any atom is 0.191 e. The first-order chi connectivity index (χ1) is 18.8. The highest BCUT2D eigenvalue weighted by atomic mass is 16.7. The molecule has 0 saturated heterocycles. The lowest BCUT2D eigenvalue weighted by atomic mass is 9.68. The van der Waals surface area contributed by atoms with Crippen LogP contribution in [0.2, 0.25) is 0 Å². The highest BCUT2D eigenvalue weighted by Crippen LogP contribution is 2.56. The van der Waals surface area contributed by atoms with E-state index in [1.165, 1.54) is 33.4 Å². The van der Waals surface area contributed by atoms with E-state index in [4.69, 9.17) is 18.9 Å². The van der Waals surface area contributed by atoms with Gasteiger partial charge in [-0.25, -0.2) is 0 Å². The quantitative estimate of drug-likeness (QED) is 0.129. The van der Waals surface area contributed by atoms with Crippen molar-refractivity contribution in [2.75, 3.05) is 27.3 Å². The van der Waals surface area contributed by atoms with Gasteiger partial charge in [0.25, 0.3) is 0 Å². The molecule has 0 aromatic heterocycles. The molecule has 0 unspecified atom stereocenters. The summed E-state index contributed by atoms with van der Waals surface area (Å²) < 4.78 is 21.8. The van der Waals surface area contributed by atoms with Crippen LogP contribution in [-0.2, 0) is 14.9 Å². The van der Waals surface area contributed by atoms with Crippen molar-refractivity contribution in [1.29, 1.82) is 0 Å². The standard InChI is InChI=1S/C30H28O4.2C2H6.4CH4/c1-3-32-20-33-21-34-25-18-14-23(15-19-25)30(22-12-16-24(31-2)17-13-22)28-10-6-4-8-26(28)27-9-5-7-11-29(27)30;2*1-2;;;;/h4-19H,3,20-21H2,1-2H3;2*1-2H3;4*1H4. The molecule has 42 heavy (non-hydrogen) atoms. The molecule has 1 aliphatic rings. The maximum absolute atomic E-state index is 5.76. The Balaban J connectivity index is 0. The van der Waals surface area contributed by atoms with Crippen molar-refractivity contribution in [2.45, 2.75) is 69.7 Å². The summed E-state index contributed by atoms with van der Waals surface area (Å²) in [6.07, 6.45) is 0.